The fourth-order valence-corrected chi connectivity index (χ4v) is 4.21. The highest BCUT2D eigenvalue weighted by molar-refractivity contribution is 8.00. The molecule has 3 nitrogen and oxygen atoms in total. The largest absolute Gasteiger partial charge is 0.329 e. The number of hydrogen-bond acceptors (Lipinski definition) is 4. The number of nitrogens with two attached hydrogens (primary N) is 1. The number of nitrogens with zero attached hydrogens (tertiary/aromatic N) is 2. The highest BCUT2D eigenvalue weighted by Crippen LogP contribution is 2.37. The van der Waals surface area contributed by atoms with Gasteiger partial charge in [-0.2, -0.15) is 11.8 Å². The molecule has 1 fully saturated rings. The summed E-state index contributed by atoms with van der Waals surface area (Å²) in [5.41, 5.74) is 7.51. The first-order chi connectivity index (χ1) is 8.69. The molecule has 18 heavy (non-hydrogen) atoms. The van der Waals surface area contributed by atoms with Gasteiger partial charge in [0.25, 0.3) is 0 Å². The van der Waals surface area contributed by atoms with E-state index in [9.17, 15) is 0 Å². The minimum absolute atomic E-state index is 0.138. The maximum Gasteiger partial charge on any atom is 0.0448 e. The molecule has 0 aliphatic carbocycles. The lowest BCUT2D eigenvalue weighted by molar-refractivity contribution is 0.104. The third-order valence-electron chi connectivity index (χ3n) is 4.13. The van der Waals surface area contributed by atoms with Crippen molar-refractivity contribution in [1.29, 1.82) is 0 Å². The van der Waals surface area contributed by atoms with Gasteiger partial charge >= 0.3 is 0 Å². The summed E-state index contributed by atoms with van der Waals surface area (Å²) in [7, 11) is 2.20. The van der Waals surface area contributed by atoms with Gasteiger partial charge in [-0.05, 0) is 37.3 Å². The molecule has 100 valence electrons. The van der Waals surface area contributed by atoms with Crippen molar-refractivity contribution in [2.75, 3.05) is 19.3 Å². The zero-order chi connectivity index (χ0) is 13.0. The molecule has 0 saturated carbocycles. The zero-order valence-electron chi connectivity index (χ0n) is 11.3. The van der Waals surface area contributed by atoms with E-state index >= 15 is 0 Å². The summed E-state index contributed by atoms with van der Waals surface area (Å²) >= 11 is 2.05. The van der Waals surface area contributed by atoms with Crippen molar-refractivity contribution in [1.82, 2.24) is 9.88 Å². The maximum absolute atomic E-state index is 6.11. The van der Waals surface area contributed by atoms with E-state index in [0.29, 0.717) is 5.25 Å². The van der Waals surface area contributed by atoms with Crippen molar-refractivity contribution in [3.8, 4) is 0 Å². The second-order valence-corrected chi connectivity index (χ2v) is 6.59. The van der Waals surface area contributed by atoms with Gasteiger partial charge in [0.15, 0.2) is 0 Å². The zero-order valence-corrected chi connectivity index (χ0v) is 12.1. The number of hydrogen-bond donors (Lipinski definition) is 1. The molecule has 2 N–H and O–H groups in total. The van der Waals surface area contributed by atoms with Gasteiger partial charge in [0.05, 0.1) is 0 Å². The van der Waals surface area contributed by atoms with Crippen LogP contribution in [0.3, 0.4) is 0 Å². The van der Waals surface area contributed by atoms with Crippen LogP contribution in [0.4, 0.5) is 0 Å². The summed E-state index contributed by atoms with van der Waals surface area (Å²) in [4.78, 5) is 6.62. The summed E-state index contributed by atoms with van der Waals surface area (Å²) in [6.45, 7) is 3.98. The third kappa shape index (κ3) is 2.71. The van der Waals surface area contributed by atoms with Gasteiger partial charge in [-0.1, -0.05) is 13.0 Å². The fourth-order valence-electron chi connectivity index (χ4n) is 2.84. The summed E-state index contributed by atoms with van der Waals surface area (Å²) in [5, 5.41) is 0.595. The minimum Gasteiger partial charge on any atom is -0.329 e. The van der Waals surface area contributed by atoms with Crippen LogP contribution in [0.15, 0.2) is 24.5 Å². The Labute approximate surface area is 114 Å². The Hall–Kier alpha value is -0.580. The van der Waals surface area contributed by atoms with E-state index in [1.807, 2.05) is 18.5 Å². The maximum atomic E-state index is 6.11. The Morgan fingerprint density at radius 2 is 2.44 bits per heavy atom. The van der Waals surface area contributed by atoms with Crippen molar-refractivity contribution in [3.05, 3.63) is 30.1 Å². The SMILES string of the molecule is CC1SCCCC1(CN)N(C)Cc1cccnc1. The van der Waals surface area contributed by atoms with E-state index in [1.165, 1.54) is 24.2 Å². The van der Waals surface area contributed by atoms with Gasteiger partial charge in [0.2, 0.25) is 0 Å². The smallest absolute Gasteiger partial charge is 0.0448 e. The highest BCUT2D eigenvalue weighted by atomic mass is 32.2. The van der Waals surface area contributed by atoms with Crippen molar-refractivity contribution in [3.63, 3.8) is 0 Å². The molecule has 1 saturated heterocycles. The first-order valence-electron chi connectivity index (χ1n) is 6.61. The van der Waals surface area contributed by atoms with Crippen molar-refractivity contribution >= 4 is 11.8 Å². The first-order valence-corrected chi connectivity index (χ1v) is 7.66. The normalized spacial score (nSPS) is 28.6. The van der Waals surface area contributed by atoms with Crippen LogP contribution in [0.25, 0.3) is 0 Å². The molecule has 0 radical (unpaired) electrons. The molecule has 4 heteroatoms. The van der Waals surface area contributed by atoms with E-state index in [4.69, 9.17) is 5.73 Å². The average molecular weight is 265 g/mol. The Morgan fingerprint density at radius 3 is 3.06 bits per heavy atom. The molecule has 2 unspecified atom stereocenters. The summed E-state index contributed by atoms with van der Waals surface area (Å²) < 4.78 is 0. The summed E-state index contributed by atoms with van der Waals surface area (Å²) in [6, 6.07) is 4.13. The first kappa shape index (κ1) is 13.8. The molecule has 1 aliphatic rings. The lowest BCUT2D eigenvalue weighted by Crippen LogP contribution is -2.59. The van der Waals surface area contributed by atoms with Crippen LogP contribution in [0.1, 0.15) is 25.3 Å². The second-order valence-electron chi connectivity index (χ2n) is 5.14. The molecular formula is C14H23N3S. The van der Waals surface area contributed by atoms with Crippen molar-refractivity contribution in [2.24, 2.45) is 5.73 Å². The van der Waals surface area contributed by atoms with Crippen LogP contribution in [-0.2, 0) is 6.54 Å². The Morgan fingerprint density at radius 1 is 1.61 bits per heavy atom. The predicted octanol–water partition coefficient (Wildman–Crippen LogP) is 2.13. The molecule has 1 aliphatic heterocycles. The van der Waals surface area contributed by atoms with Gasteiger partial charge in [-0.3, -0.25) is 9.88 Å². The van der Waals surface area contributed by atoms with Gasteiger partial charge < -0.3 is 5.73 Å². The number of aromatic nitrogens is 1. The number of thioether (sulfide) groups is 1. The third-order valence-corrected chi connectivity index (χ3v) is 5.60. The molecule has 0 aromatic carbocycles. The number of pyridine rings is 1. The quantitative estimate of drug-likeness (QED) is 0.905. The lowest BCUT2D eigenvalue weighted by atomic mass is 9.87. The van der Waals surface area contributed by atoms with Crippen LogP contribution in [0, 0.1) is 0 Å². The molecule has 1 aromatic rings. The molecule has 0 amide bonds. The van der Waals surface area contributed by atoms with Gasteiger partial charge in [-0.15, -0.1) is 0 Å². The molecule has 0 bridgehead atoms. The van der Waals surface area contributed by atoms with Crippen LogP contribution in [0.2, 0.25) is 0 Å². The number of likely N-dealkylation sites (N-methyl/N-ethyl adjacent to an activating group) is 1. The molecule has 2 atom stereocenters. The topological polar surface area (TPSA) is 42.1 Å². The van der Waals surface area contributed by atoms with Crippen LogP contribution in [0.5, 0.6) is 0 Å². The van der Waals surface area contributed by atoms with E-state index < -0.39 is 0 Å². The summed E-state index contributed by atoms with van der Waals surface area (Å²) in [5.74, 6) is 1.27. The molecular weight excluding hydrogens is 242 g/mol. The Bertz CT molecular complexity index is 371. The van der Waals surface area contributed by atoms with Gasteiger partial charge in [0, 0.05) is 36.3 Å². The fraction of sp³-hybridized carbons (Fsp3) is 0.643. The van der Waals surface area contributed by atoms with Gasteiger partial charge in [-0.25, -0.2) is 0 Å². The van der Waals surface area contributed by atoms with E-state index in [-0.39, 0.29) is 5.54 Å². The molecule has 1 aromatic heterocycles. The minimum atomic E-state index is 0.138. The molecule has 2 rings (SSSR count). The van der Waals surface area contributed by atoms with Crippen LogP contribution in [-0.4, -0.2) is 40.0 Å². The van der Waals surface area contributed by atoms with Crippen LogP contribution < -0.4 is 5.73 Å². The average Bonchev–Trinajstić information content (AvgIpc) is 2.40. The Balaban J connectivity index is 2.12. The van der Waals surface area contributed by atoms with Gasteiger partial charge in [0.1, 0.15) is 0 Å². The van der Waals surface area contributed by atoms with E-state index in [0.717, 1.165) is 13.1 Å². The number of rotatable bonds is 4. The standard InChI is InChI=1S/C14H23N3S/c1-12-14(11-15,6-4-8-18-12)17(2)10-13-5-3-7-16-9-13/h3,5,7,9,12H,4,6,8,10-11,15H2,1-2H3. The van der Waals surface area contributed by atoms with Crippen LogP contribution >= 0.6 is 11.8 Å². The lowest BCUT2D eigenvalue weighted by Gasteiger charge is -2.48. The summed E-state index contributed by atoms with van der Waals surface area (Å²) in [6.07, 6.45) is 6.24. The predicted molar refractivity (Wildman–Crippen MR) is 78.6 cm³/mol. The van der Waals surface area contributed by atoms with E-state index in [2.05, 4.69) is 41.7 Å². The van der Waals surface area contributed by atoms with Crippen molar-refractivity contribution < 1.29 is 0 Å². The molecule has 2 heterocycles. The second kappa shape index (κ2) is 6.04. The van der Waals surface area contributed by atoms with E-state index in [1.54, 1.807) is 0 Å². The Kier molecular flexibility index (Phi) is 4.65. The molecule has 0 spiro atoms. The monoisotopic (exact) mass is 265 g/mol. The highest BCUT2D eigenvalue weighted by Gasteiger charge is 2.40. The van der Waals surface area contributed by atoms with Crippen molar-refractivity contribution in [2.45, 2.75) is 37.1 Å².